The van der Waals surface area contributed by atoms with Gasteiger partial charge in [0.15, 0.2) is 23.0 Å². The molecule has 0 bridgehead atoms. The van der Waals surface area contributed by atoms with Gasteiger partial charge in [-0.25, -0.2) is 0 Å². The molecule has 2 rings (SSSR count). The first kappa shape index (κ1) is 30.8. The quantitative estimate of drug-likeness (QED) is 0.202. The Bertz CT molecular complexity index is 1180. The SMILES string of the molecule is COc1cc(C=CC(=O)NCCCCN(CCCNC(C)=O)C(=O)C=Cc2ccc(O)c(OC)c2)ccc1O. The van der Waals surface area contributed by atoms with Crippen molar-refractivity contribution in [1.29, 1.82) is 0 Å². The number of carbonyl (C=O) groups is 3. The number of rotatable bonds is 15. The zero-order valence-electron chi connectivity index (χ0n) is 22.6. The summed E-state index contributed by atoms with van der Waals surface area (Å²) in [5.41, 5.74) is 1.42. The summed E-state index contributed by atoms with van der Waals surface area (Å²) in [4.78, 5) is 37.9. The molecule has 0 unspecified atom stereocenters. The lowest BCUT2D eigenvalue weighted by Gasteiger charge is -2.21. The number of methoxy groups -OCH3 is 2. The van der Waals surface area contributed by atoms with E-state index in [0.717, 1.165) is 0 Å². The third kappa shape index (κ3) is 11.2. The number of benzene rings is 2. The van der Waals surface area contributed by atoms with Crippen LogP contribution in [0.5, 0.6) is 23.0 Å². The standard InChI is InChI=1S/C29H37N3O7/c1-21(33)30-16-6-18-32(29(37)14-10-23-8-12-25(35)27(20-23)39-3)17-5-4-15-31-28(36)13-9-22-7-11-24(34)26(19-22)38-2/h7-14,19-20,34-35H,4-6,15-18H2,1-3H3,(H,30,33)(H,31,36). The van der Waals surface area contributed by atoms with E-state index in [1.165, 1.54) is 45.4 Å². The topological polar surface area (TPSA) is 137 Å². The Kier molecular flexibility index (Phi) is 12.9. The Morgan fingerprint density at radius 1 is 0.795 bits per heavy atom. The van der Waals surface area contributed by atoms with Crippen molar-refractivity contribution in [3.8, 4) is 23.0 Å². The highest BCUT2D eigenvalue weighted by Gasteiger charge is 2.11. The summed E-state index contributed by atoms with van der Waals surface area (Å²) >= 11 is 0. The molecule has 2 aromatic carbocycles. The van der Waals surface area contributed by atoms with Crippen LogP contribution in [0.15, 0.2) is 48.6 Å². The van der Waals surface area contributed by atoms with Gasteiger partial charge >= 0.3 is 0 Å². The normalized spacial score (nSPS) is 10.9. The van der Waals surface area contributed by atoms with E-state index in [2.05, 4.69) is 10.6 Å². The summed E-state index contributed by atoms with van der Waals surface area (Å²) in [5, 5.41) is 25.0. The molecule has 10 heteroatoms. The second-order valence-electron chi connectivity index (χ2n) is 8.69. The lowest BCUT2D eigenvalue weighted by atomic mass is 10.2. The fourth-order valence-electron chi connectivity index (χ4n) is 3.61. The van der Waals surface area contributed by atoms with E-state index in [9.17, 15) is 24.6 Å². The van der Waals surface area contributed by atoms with Crippen molar-refractivity contribution in [2.24, 2.45) is 0 Å². The van der Waals surface area contributed by atoms with Gasteiger partial charge in [-0.05, 0) is 66.8 Å². The van der Waals surface area contributed by atoms with Gasteiger partial charge in [-0.15, -0.1) is 0 Å². The maximum atomic E-state index is 12.9. The molecule has 0 spiro atoms. The highest BCUT2D eigenvalue weighted by atomic mass is 16.5. The molecule has 0 aliphatic carbocycles. The number of phenolic OH excluding ortho intramolecular Hbond substituents is 2. The van der Waals surface area contributed by atoms with Crippen LogP contribution in [0.2, 0.25) is 0 Å². The fourth-order valence-corrected chi connectivity index (χ4v) is 3.61. The summed E-state index contributed by atoms with van der Waals surface area (Å²) in [6, 6.07) is 9.61. The van der Waals surface area contributed by atoms with Crippen LogP contribution in [-0.2, 0) is 14.4 Å². The number of hydrogen-bond donors (Lipinski definition) is 4. The van der Waals surface area contributed by atoms with Crippen LogP contribution in [-0.4, -0.2) is 73.2 Å². The predicted octanol–water partition coefficient (Wildman–Crippen LogP) is 3.09. The van der Waals surface area contributed by atoms with Crippen LogP contribution < -0.4 is 20.1 Å². The first-order chi connectivity index (χ1) is 18.7. The van der Waals surface area contributed by atoms with Gasteiger partial charge in [0.1, 0.15) is 0 Å². The first-order valence-electron chi connectivity index (χ1n) is 12.6. The lowest BCUT2D eigenvalue weighted by Crippen LogP contribution is -2.34. The van der Waals surface area contributed by atoms with Crippen molar-refractivity contribution in [2.75, 3.05) is 40.4 Å². The van der Waals surface area contributed by atoms with E-state index in [0.29, 0.717) is 68.1 Å². The monoisotopic (exact) mass is 539 g/mol. The van der Waals surface area contributed by atoms with E-state index < -0.39 is 0 Å². The lowest BCUT2D eigenvalue weighted by molar-refractivity contribution is -0.126. The van der Waals surface area contributed by atoms with Crippen molar-refractivity contribution in [2.45, 2.75) is 26.2 Å². The molecule has 10 nitrogen and oxygen atoms in total. The molecular formula is C29H37N3O7. The second kappa shape index (κ2) is 16.4. The van der Waals surface area contributed by atoms with Crippen LogP contribution in [0.4, 0.5) is 0 Å². The molecule has 0 atom stereocenters. The van der Waals surface area contributed by atoms with Crippen LogP contribution in [0.1, 0.15) is 37.3 Å². The van der Waals surface area contributed by atoms with E-state index in [1.54, 1.807) is 41.3 Å². The molecule has 0 saturated heterocycles. The number of nitrogens with zero attached hydrogens (tertiary/aromatic N) is 1. The highest BCUT2D eigenvalue weighted by Crippen LogP contribution is 2.27. The van der Waals surface area contributed by atoms with Crippen LogP contribution in [0, 0.1) is 0 Å². The minimum Gasteiger partial charge on any atom is -0.504 e. The Balaban J connectivity index is 1.86. The first-order valence-corrected chi connectivity index (χ1v) is 12.6. The van der Waals surface area contributed by atoms with E-state index in [1.807, 2.05) is 0 Å². The summed E-state index contributed by atoms with van der Waals surface area (Å²) in [6.07, 6.45) is 8.11. The van der Waals surface area contributed by atoms with E-state index in [-0.39, 0.29) is 29.2 Å². The average Bonchev–Trinajstić information content (AvgIpc) is 2.92. The number of phenols is 2. The molecular weight excluding hydrogens is 502 g/mol. The molecule has 4 N–H and O–H groups in total. The summed E-state index contributed by atoms with van der Waals surface area (Å²) in [7, 11) is 2.91. The van der Waals surface area contributed by atoms with Gasteiger partial charge in [-0.1, -0.05) is 12.1 Å². The number of hydrogen-bond acceptors (Lipinski definition) is 7. The van der Waals surface area contributed by atoms with Crippen LogP contribution in [0.25, 0.3) is 12.2 Å². The van der Waals surface area contributed by atoms with Gasteiger partial charge in [0.25, 0.3) is 0 Å². The number of ether oxygens (including phenoxy) is 2. The molecule has 0 aromatic heterocycles. The molecule has 0 saturated carbocycles. The van der Waals surface area contributed by atoms with E-state index in [4.69, 9.17) is 9.47 Å². The smallest absolute Gasteiger partial charge is 0.246 e. The molecule has 0 aliphatic rings. The Morgan fingerprint density at radius 3 is 1.90 bits per heavy atom. The maximum Gasteiger partial charge on any atom is 0.246 e. The van der Waals surface area contributed by atoms with E-state index >= 15 is 0 Å². The Morgan fingerprint density at radius 2 is 1.33 bits per heavy atom. The van der Waals surface area contributed by atoms with Crippen LogP contribution >= 0.6 is 0 Å². The second-order valence-corrected chi connectivity index (χ2v) is 8.69. The number of amides is 3. The zero-order valence-corrected chi connectivity index (χ0v) is 22.6. The molecule has 0 aliphatic heterocycles. The Hall–Kier alpha value is -4.47. The molecule has 0 radical (unpaired) electrons. The van der Waals surface area contributed by atoms with Gasteiger partial charge in [0.2, 0.25) is 17.7 Å². The molecule has 0 fully saturated rings. The van der Waals surface area contributed by atoms with Crippen molar-refractivity contribution >= 4 is 29.9 Å². The minimum absolute atomic E-state index is 0.0174. The summed E-state index contributed by atoms with van der Waals surface area (Å²) < 4.78 is 10.2. The molecule has 2 aromatic rings. The maximum absolute atomic E-state index is 12.9. The third-order valence-corrected chi connectivity index (χ3v) is 5.70. The van der Waals surface area contributed by atoms with Gasteiger partial charge < -0.3 is 35.2 Å². The predicted molar refractivity (Wildman–Crippen MR) is 150 cm³/mol. The van der Waals surface area contributed by atoms with Gasteiger partial charge in [0, 0.05) is 45.3 Å². The van der Waals surface area contributed by atoms with Crippen molar-refractivity contribution < 1.29 is 34.1 Å². The van der Waals surface area contributed by atoms with Crippen molar-refractivity contribution in [3.63, 3.8) is 0 Å². The summed E-state index contributed by atoms with van der Waals surface area (Å²) in [6.45, 7) is 3.31. The minimum atomic E-state index is -0.252. The zero-order chi connectivity index (χ0) is 28.6. The molecule has 210 valence electrons. The molecule has 0 heterocycles. The van der Waals surface area contributed by atoms with Crippen molar-refractivity contribution in [3.05, 3.63) is 59.7 Å². The van der Waals surface area contributed by atoms with Crippen molar-refractivity contribution in [1.82, 2.24) is 15.5 Å². The number of unbranched alkanes of at least 4 members (excludes halogenated alkanes) is 1. The Labute approximate surface area is 228 Å². The molecule has 3 amide bonds. The third-order valence-electron chi connectivity index (χ3n) is 5.70. The number of carbonyl (C=O) groups excluding carboxylic acids is 3. The summed E-state index contributed by atoms with van der Waals surface area (Å²) in [5.74, 6) is 0.131. The van der Waals surface area contributed by atoms with Gasteiger partial charge in [-0.2, -0.15) is 0 Å². The van der Waals surface area contributed by atoms with Crippen LogP contribution in [0.3, 0.4) is 0 Å². The largest absolute Gasteiger partial charge is 0.504 e. The average molecular weight is 540 g/mol. The number of nitrogens with one attached hydrogen (secondary N) is 2. The highest BCUT2D eigenvalue weighted by molar-refractivity contribution is 5.92. The fraction of sp³-hybridized carbons (Fsp3) is 0.345. The number of aromatic hydroxyl groups is 2. The van der Waals surface area contributed by atoms with Gasteiger partial charge in [0.05, 0.1) is 14.2 Å². The van der Waals surface area contributed by atoms with Gasteiger partial charge in [-0.3, -0.25) is 14.4 Å². The molecule has 39 heavy (non-hydrogen) atoms.